The molecule has 1 N–H and O–H groups in total. The first-order chi connectivity index (χ1) is 16.8. The van der Waals surface area contributed by atoms with Gasteiger partial charge in [-0.25, -0.2) is 14.1 Å². The van der Waals surface area contributed by atoms with E-state index in [1.807, 2.05) is 12.1 Å². The molecule has 1 aliphatic heterocycles. The van der Waals surface area contributed by atoms with Gasteiger partial charge in [0.25, 0.3) is 0 Å². The third kappa shape index (κ3) is 5.25. The second-order valence-corrected chi connectivity index (χ2v) is 8.78. The summed E-state index contributed by atoms with van der Waals surface area (Å²) in [5.74, 6) is 0.582. The van der Waals surface area contributed by atoms with Crippen molar-refractivity contribution in [3.05, 3.63) is 48.4 Å². The number of rotatable bonds is 7. The molecule has 1 saturated carbocycles. The van der Waals surface area contributed by atoms with E-state index in [0.717, 1.165) is 37.7 Å². The molecular weight excluding hydrogens is 468 g/mol. The zero-order valence-electron chi connectivity index (χ0n) is 18.9. The number of pyridine rings is 1. The molecule has 2 aliphatic rings. The molecule has 12 heteroatoms. The minimum Gasteiger partial charge on any atom is -0.481 e. The lowest BCUT2D eigenvalue weighted by Crippen LogP contribution is -2.48. The van der Waals surface area contributed by atoms with Crippen molar-refractivity contribution in [2.24, 2.45) is 11.8 Å². The Bertz CT molecular complexity index is 1170. The Kier molecular flexibility index (Phi) is 6.12. The van der Waals surface area contributed by atoms with E-state index in [-0.39, 0.29) is 35.6 Å². The second-order valence-electron chi connectivity index (χ2n) is 8.78. The average molecular weight is 492 g/mol. The Morgan fingerprint density at radius 3 is 2.57 bits per heavy atom. The van der Waals surface area contributed by atoms with Gasteiger partial charge in [0, 0.05) is 43.1 Å². The quantitative estimate of drug-likeness (QED) is 0.487. The van der Waals surface area contributed by atoms with Crippen LogP contribution in [0.2, 0.25) is 0 Å². The molecule has 1 unspecified atom stereocenters. The molecule has 2 fully saturated rings. The molecule has 2 aromatic heterocycles. The summed E-state index contributed by atoms with van der Waals surface area (Å²) in [6, 6.07) is 8.61. The standard InChI is InChI=1S/C23H24F4N6O2/c1-34-19-10-17(7-8-28-19)32-11-14-5-6-15(12-32)20(14)29-21-30-22(33(31-21)13-23(25,26)27)35-18-4-2-3-16(24)9-18/h2-4,7-10,14-15,20H,5-6,11-13H2,1H3,(H,29,31)/t14-,15+,20?. The molecule has 1 aliphatic carbocycles. The molecule has 2 bridgehead atoms. The van der Waals surface area contributed by atoms with Crippen LogP contribution in [0.25, 0.3) is 0 Å². The van der Waals surface area contributed by atoms with Crippen LogP contribution in [0.15, 0.2) is 42.6 Å². The first-order valence-electron chi connectivity index (χ1n) is 11.2. The Morgan fingerprint density at radius 1 is 1.11 bits per heavy atom. The number of alkyl halides is 3. The van der Waals surface area contributed by atoms with Gasteiger partial charge >= 0.3 is 12.2 Å². The topological polar surface area (TPSA) is 77.3 Å². The van der Waals surface area contributed by atoms with Gasteiger partial charge in [0.1, 0.15) is 18.1 Å². The van der Waals surface area contributed by atoms with E-state index in [1.165, 1.54) is 18.2 Å². The first-order valence-corrected chi connectivity index (χ1v) is 11.2. The van der Waals surface area contributed by atoms with Crippen molar-refractivity contribution in [2.75, 3.05) is 30.4 Å². The number of nitrogens with one attached hydrogen (secondary N) is 1. The van der Waals surface area contributed by atoms with Gasteiger partial charge in [-0.3, -0.25) is 0 Å². The summed E-state index contributed by atoms with van der Waals surface area (Å²) in [6.07, 6.45) is -0.855. The Balaban J connectivity index is 1.33. The van der Waals surface area contributed by atoms with Crippen molar-refractivity contribution in [3.63, 3.8) is 0 Å². The summed E-state index contributed by atoms with van der Waals surface area (Å²) in [7, 11) is 1.57. The van der Waals surface area contributed by atoms with E-state index >= 15 is 0 Å². The predicted octanol–water partition coefficient (Wildman–Crippen LogP) is 4.50. The van der Waals surface area contributed by atoms with Gasteiger partial charge < -0.3 is 19.7 Å². The number of halogens is 4. The average Bonchev–Trinajstić information content (AvgIpc) is 3.26. The fraction of sp³-hybridized carbons (Fsp3) is 0.435. The number of fused-ring (bicyclic) bond motifs is 2. The van der Waals surface area contributed by atoms with Crippen molar-refractivity contribution in [1.82, 2.24) is 19.7 Å². The largest absolute Gasteiger partial charge is 0.481 e. The summed E-state index contributed by atoms with van der Waals surface area (Å²) in [6.45, 7) is 0.177. The molecule has 0 spiro atoms. The molecule has 0 amide bonds. The summed E-state index contributed by atoms with van der Waals surface area (Å²) in [5.41, 5.74) is 1.02. The first kappa shape index (κ1) is 23.2. The van der Waals surface area contributed by atoms with E-state index in [4.69, 9.17) is 9.47 Å². The van der Waals surface area contributed by atoms with Crippen molar-refractivity contribution in [1.29, 1.82) is 0 Å². The lowest BCUT2D eigenvalue weighted by atomic mass is 9.92. The maximum absolute atomic E-state index is 13.5. The number of aromatic nitrogens is 4. The fourth-order valence-electron chi connectivity index (χ4n) is 4.90. The van der Waals surface area contributed by atoms with Crippen molar-refractivity contribution in [3.8, 4) is 17.6 Å². The van der Waals surface area contributed by atoms with Crippen LogP contribution in [0.3, 0.4) is 0 Å². The number of hydrogen-bond donors (Lipinski definition) is 1. The van der Waals surface area contributed by atoms with E-state index in [1.54, 1.807) is 13.3 Å². The zero-order valence-corrected chi connectivity index (χ0v) is 18.9. The van der Waals surface area contributed by atoms with Crippen molar-refractivity contribution < 1.29 is 27.0 Å². The summed E-state index contributed by atoms with van der Waals surface area (Å²) < 4.78 is 64.3. The maximum Gasteiger partial charge on any atom is 0.408 e. The molecule has 1 aromatic carbocycles. The molecule has 3 aromatic rings. The molecule has 35 heavy (non-hydrogen) atoms. The summed E-state index contributed by atoms with van der Waals surface area (Å²) in [4.78, 5) is 10.6. The Morgan fingerprint density at radius 2 is 1.89 bits per heavy atom. The molecule has 8 nitrogen and oxygen atoms in total. The van der Waals surface area contributed by atoms with Crippen molar-refractivity contribution in [2.45, 2.75) is 31.6 Å². The Labute approximate surface area is 198 Å². The van der Waals surface area contributed by atoms with Gasteiger partial charge in [0.15, 0.2) is 0 Å². The molecule has 5 rings (SSSR count). The highest BCUT2D eigenvalue weighted by atomic mass is 19.4. The monoisotopic (exact) mass is 492 g/mol. The van der Waals surface area contributed by atoms with Crippen LogP contribution < -0.4 is 19.7 Å². The van der Waals surface area contributed by atoms with Crippen LogP contribution >= 0.6 is 0 Å². The number of piperidine rings is 1. The maximum atomic E-state index is 13.5. The van der Waals surface area contributed by atoms with Crippen LogP contribution in [0.4, 0.5) is 29.2 Å². The third-order valence-electron chi connectivity index (χ3n) is 6.39. The van der Waals surface area contributed by atoms with Gasteiger partial charge in [0.05, 0.1) is 7.11 Å². The number of ether oxygens (including phenoxy) is 2. The third-order valence-corrected chi connectivity index (χ3v) is 6.39. The van der Waals surface area contributed by atoms with Crippen LogP contribution in [0, 0.1) is 17.7 Å². The number of benzene rings is 1. The Hall–Kier alpha value is -3.57. The minimum atomic E-state index is -4.53. The summed E-state index contributed by atoms with van der Waals surface area (Å²) >= 11 is 0. The van der Waals surface area contributed by atoms with Crippen LogP contribution in [0.1, 0.15) is 12.8 Å². The predicted molar refractivity (Wildman–Crippen MR) is 119 cm³/mol. The SMILES string of the molecule is COc1cc(N2C[C@H]3CC[C@@H](C2)C3Nc2nc(Oc3cccc(F)c3)n(CC(F)(F)F)n2)ccn1. The molecular formula is C23H24F4N6O2. The molecule has 0 radical (unpaired) electrons. The van der Waals surface area contributed by atoms with Gasteiger partial charge in [-0.2, -0.15) is 18.2 Å². The lowest BCUT2D eigenvalue weighted by Gasteiger charge is -2.39. The van der Waals surface area contributed by atoms with Crippen LogP contribution in [-0.4, -0.2) is 52.2 Å². The summed E-state index contributed by atoms with van der Waals surface area (Å²) in [5, 5.41) is 7.28. The highest BCUT2D eigenvalue weighted by Gasteiger charge is 2.43. The van der Waals surface area contributed by atoms with E-state index in [9.17, 15) is 17.6 Å². The van der Waals surface area contributed by atoms with E-state index in [0.29, 0.717) is 10.6 Å². The number of hydrogen-bond acceptors (Lipinski definition) is 7. The van der Waals surface area contributed by atoms with Crippen LogP contribution in [0.5, 0.6) is 17.6 Å². The van der Waals surface area contributed by atoms with Gasteiger partial charge in [-0.1, -0.05) is 6.07 Å². The smallest absolute Gasteiger partial charge is 0.408 e. The van der Waals surface area contributed by atoms with E-state index in [2.05, 4.69) is 25.3 Å². The van der Waals surface area contributed by atoms with Gasteiger partial charge in [-0.15, -0.1) is 5.10 Å². The van der Waals surface area contributed by atoms with E-state index < -0.39 is 18.5 Å². The lowest BCUT2D eigenvalue weighted by molar-refractivity contribution is -0.143. The molecule has 186 valence electrons. The minimum absolute atomic E-state index is 0.0127. The number of nitrogens with zero attached hydrogens (tertiary/aromatic N) is 5. The van der Waals surface area contributed by atoms with Crippen LogP contribution in [-0.2, 0) is 6.54 Å². The fourth-order valence-corrected chi connectivity index (χ4v) is 4.90. The van der Waals surface area contributed by atoms with Crippen molar-refractivity contribution >= 4 is 11.6 Å². The molecule has 1 saturated heterocycles. The normalized spacial score (nSPS) is 21.7. The number of anilines is 2. The molecule has 3 heterocycles. The number of methoxy groups -OCH3 is 1. The van der Waals surface area contributed by atoms with Gasteiger partial charge in [0.2, 0.25) is 11.8 Å². The zero-order chi connectivity index (χ0) is 24.6. The highest BCUT2D eigenvalue weighted by molar-refractivity contribution is 5.49. The highest BCUT2D eigenvalue weighted by Crippen LogP contribution is 2.40. The second kappa shape index (κ2) is 9.23. The van der Waals surface area contributed by atoms with Gasteiger partial charge in [-0.05, 0) is 42.9 Å². The molecule has 3 atom stereocenters.